The Balaban J connectivity index is 2.38. The maximum absolute atomic E-state index is 14.0. The Labute approximate surface area is 133 Å². The predicted octanol–water partition coefficient (Wildman–Crippen LogP) is 4.83. The molecule has 1 unspecified atom stereocenters. The van der Waals surface area contributed by atoms with Gasteiger partial charge in [-0.05, 0) is 46.6 Å². The molecule has 0 aliphatic heterocycles. The van der Waals surface area contributed by atoms with E-state index in [-0.39, 0.29) is 5.56 Å². The van der Waals surface area contributed by atoms with E-state index in [9.17, 15) is 9.50 Å². The van der Waals surface area contributed by atoms with Gasteiger partial charge < -0.3 is 9.84 Å². The molecular formula is C15H13Br2FO2. The van der Waals surface area contributed by atoms with Gasteiger partial charge in [-0.25, -0.2) is 4.39 Å². The molecule has 0 radical (unpaired) electrons. The van der Waals surface area contributed by atoms with Crippen molar-refractivity contribution in [2.75, 3.05) is 6.61 Å². The van der Waals surface area contributed by atoms with Crippen LogP contribution in [0.25, 0.3) is 0 Å². The van der Waals surface area contributed by atoms with E-state index in [1.807, 2.05) is 6.92 Å². The van der Waals surface area contributed by atoms with Gasteiger partial charge in [-0.1, -0.05) is 34.1 Å². The first-order valence-corrected chi connectivity index (χ1v) is 7.67. The Bertz CT molecular complexity index is 617. The number of halogens is 3. The maximum atomic E-state index is 14.0. The lowest BCUT2D eigenvalue weighted by atomic mass is 10.0. The van der Waals surface area contributed by atoms with Gasteiger partial charge in [-0.3, -0.25) is 0 Å². The predicted molar refractivity (Wildman–Crippen MR) is 83.5 cm³/mol. The minimum Gasteiger partial charge on any atom is -0.494 e. The number of rotatable bonds is 4. The number of hydrogen-bond acceptors (Lipinski definition) is 2. The van der Waals surface area contributed by atoms with E-state index >= 15 is 0 Å². The van der Waals surface area contributed by atoms with Crippen molar-refractivity contribution in [3.63, 3.8) is 0 Å². The van der Waals surface area contributed by atoms with Crippen LogP contribution in [0.15, 0.2) is 45.3 Å². The summed E-state index contributed by atoms with van der Waals surface area (Å²) < 4.78 is 20.4. The van der Waals surface area contributed by atoms with Crippen LogP contribution in [-0.4, -0.2) is 11.7 Å². The molecule has 2 nitrogen and oxygen atoms in total. The summed E-state index contributed by atoms with van der Waals surface area (Å²) in [6.07, 6.45) is -1.04. The SMILES string of the molecule is CCOc1ccc(C(O)c2cccc(Br)c2F)c(Br)c1. The largest absolute Gasteiger partial charge is 0.494 e. The molecule has 0 heterocycles. The molecule has 1 atom stereocenters. The fourth-order valence-corrected chi connectivity index (χ4v) is 2.84. The third-order valence-electron chi connectivity index (χ3n) is 2.85. The van der Waals surface area contributed by atoms with E-state index in [0.717, 1.165) is 0 Å². The normalized spacial score (nSPS) is 12.2. The fourth-order valence-electron chi connectivity index (χ4n) is 1.89. The number of hydrogen-bond donors (Lipinski definition) is 1. The zero-order valence-electron chi connectivity index (χ0n) is 10.7. The van der Waals surface area contributed by atoms with Crippen molar-refractivity contribution in [1.29, 1.82) is 0 Å². The average molecular weight is 404 g/mol. The average Bonchev–Trinajstić information content (AvgIpc) is 2.42. The molecule has 2 aromatic rings. The van der Waals surface area contributed by atoms with E-state index in [1.54, 1.807) is 36.4 Å². The number of aliphatic hydroxyl groups is 1. The summed E-state index contributed by atoms with van der Waals surface area (Å²) in [4.78, 5) is 0. The molecule has 0 aliphatic rings. The Hall–Kier alpha value is -0.910. The van der Waals surface area contributed by atoms with E-state index in [0.29, 0.717) is 26.9 Å². The highest BCUT2D eigenvalue weighted by Gasteiger charge is 2.19. The molecule has 106 valence electrons. The lowest BCUT2D eigenvalue weighted by Gasteiger charge is -2.15. The number of benzene rings is 2. The zero-order chi connectivity index (χ0) is 14.7. The molecule has 0 saturated carbocycles. The maximum Gasteiger partial charge on any atom is 0.143 e. The summed E-state index contributed by atoms with van der Waals surface area (Å²) in [7, 11) is 0. The van der Waals surface area contributed by atoms with Gasteiger partial charge in [0.25, 0.3) is 0 Å². The molecule has 0 spiro atoms. The van der Waals surface area contributed by atoms with Crippen molar-refractivity contribution in [1.82, 2.24) is 0 Å². The van der Waals surface area contributed by atoms with Crippen LogP contribution in [0.1, 0.15) is 24.2 Å². The molecule has 0 fully saturated rings. The minimum absolute atomic E-state index is 0.226. The third-order valence-corrected chi connectivity index (χ3v) is 4.15. The quantitative estimate of drug-likeness (QED) is 0.791. The lowest BCUT2D eigenvalue weighted by molar-refractivity contribution is 0.214. The van der Waals surface area contributed by atoms with Crippen LogP contribution in [0.2, 0.25) is 0 Å². The van der Waals surface area contributed by atoms with Crippen molar-refractivity contribution < 1.29 is 14.2 Å². The van der Waals surface area contributed by atoms with Crippen LogP contribution >= 0.6 is 31.9 Å². The Morgan fingerprint density at radius 2 is 1.90 bits per heavy atom. The summed E-state index contributed by atoms with van der Waals surface area (Å²) in [6.45, 7) is 2.46. The Morgan fingerprint density at radius 1 is 1.15 bits per heavy atom. The van der Waals surface area contributed by atoms with Crippen LogP contribution in [0.4, 0.5) is 4.39 Å². The lowest BCUT2D eigenvalue weighted by Crippen LogP contribution is -2.04. The van der Waals surface area contributed by atoms with Gasteiger partial charge >= 0.3 is 0 Å². The van der Waals surface area contributed by atoms with E-state index in [4.69, 9.17) is 4.74 Å². The summed E-state index contributed by atoms with van der Waals surface area (Å²) >= 11 is 6.50. The van der Waals surface area contributed by atoms with Gasteiger partial charge in [0.15, 0.2) is 0 Å². The first kappa shape index (κ1) is 15.5. The van der Waals surface area contributed by atoms with Crippen LogP contribution in [0.5, 0.6) is 5.75 Å². The smallest absolute Gasteiger partial charge is 0.143 e. The molecule has 0 bridgehead atoms. The second kappa shape index (κ2) is 6.70. The summed E-state index contributed by atoms with van der Waals surface area (Å²) in [6, 6.07) is 10.1. The van der Waals surface area contributed by atoms with Gasteiger partial charge in [0.05, 0.1) is 11.1 Å². The fraction of sp³-hybridized carbons (Fsp3) is 0.200. The standard InChI is InChI=1S/C15H13Br2FO2/c1-2-20-9-6-7-10(13(17)8-9)15(19)11-4-3-5-12(16)14(11)18/h3-8,15,19H,2H2,1H3. The van der Waals surface area contributed by atoms with Crippen molar-refractivity contribution in [3.05, 3.63) is 62.3 Å². The number of aliphatic hydroxyl groups excluding tert-OH is 1. The van der Waals surface area contributed by atoms with Crippen molar-refractivity contribution in [2.24, 2.45) is 0 Å². The molecule has 0 saturated heterocycles. The van der Waals surface area contributed by atoms with Crippen molar-refractivity contribution in [2.45, 2.75) is 13.0 Å². The molecule has 2 rings (SSSR count). The van der Waals surface area contributed by atoms with E-state index < -0.39 is 11.9 Å². The molecule has 20 heavy (non-hydrogen) atoms. The molecule has 5 heteroatoms. The Morgan fingerprint density at radius 3 is 2.55 bits per heavy atom. The van der Waals surface area contributed by atoms with Crippen LogP contribution in [0, 0.1) is 5.82 Å². The highest BCUT2D eigenvalue weighted by Crippen LogP contribution is 2.34. The van der Waals surface area contributed by atoms with E-state index in [1.165, 1.54) is 0 Å². The highest BCUT2D eigenvalue weighted by molar-refractivity contribution is 9.10. The summed E-state index contributed by atoms with van der Waals surface area (Å²) in [5.41, 5.74) is 0.815. The van der Waals surface area contributed by atoms with Gasteiger partial charge in [0.1, 0.15) is 17.7 Å². The highest BCUT2D eigenvalue weighted by atomic mass is 79.9. The second-order valence-electron chi connectivity index (χ2n) is 4.16. The summed E-state index contributed by atoms with van der Waals surface area (Å²) in [5.74, 6) is 0.242. The van der Waals surface area contributed by atoms with Crippen LogP contribution in [0.3, 0.4) is 0 Å². The molecule has 1 N–H and O–H groups in total. The first-order chi connectivity index (χ1) is 9.54. The monoisotopic (exact) mass is 402 g/mol. The minimum atomic E-state index is -1.04. The topological polar surface area (TPSA) is 29.5 Å². The number of ether oxygens (including phenoxy) is 1. The third kappa shape index (κ3) is 3.22. The van der Waals surface area contributed by atoms with Crippen LogP contribution in [-0.2, 0) is 0 Å². The molecule has 0 aliphatic carbocycles. The second-order valence-corrected chi connectivity index (χ2v) is 5.87. The van der Waals surface area contributed by atoms with Crippen molar-refractivity contribution >= 4 is 31.9 Å². The van der Waals surface area contributed by atoms with Gasteiger partial charge in [-0.15, -0.1) is 0 Å². The Kier molecular flexibility index (Phi) is 5.18. The zero-order valence-corrected chi connectivity index (χ0v) is 13.9. The first-order valence-electron chi connectivity index (χ1n) is 6.08. The molecular weight excluding hydrogens is 391 g/mol. The van der Waals surface area contributed by atoms with E-state index in [2.05, 4.69) is 31.9 Å². The summed E-state index contributed by atoms with van der Waals surface area (Å²) in [5, 5.41) is 10.4. The molecule has 0 amide bonds. The van der Waals surface area contributed by atoms with Gasteiger partial charge in [0.2, 0.25) is 0 Å². The molecule has 2 aromatic carbocycles. The van der Waals surface area contributed by atoms with Crippen LogP contribution < -0.4 is 4.74 Å². The van der Waals surface area contributed by atoms with Gasteiger partial charge in [0, 0.05) is 10.0 Å². The van der Waals surface area contributed by atoms with Crippen molar-refractivity contribution in [3.8, 4) is 5.75 Å². The molecule has 0 aromatic heterocycles. The van der Waals surface area contributed by atoms with Gasteiger partial charge in [-0.2, -0.15) is 0 Å².